The van der Waals surface area contributed by atoms with Gasteiger partial charge in [0, 0.05) is 20.8 Å². The number of H-pyrrole nitrogens is 1. The largest absolute Gasteiger partial charge is 0.346 e. The summed E-state index contributed by atoms with van der Waals surface area (Å²) in [5, 5.41) is 4.71. The number of thiophene rings is 1. The fourth-order valence-corrected chi connectivity index (χ4v) is 3.01. The molecular weight excluding hydrogens is 246 g/mol. The minimum Gasteiger partial charge on any atom is -0.346 e. The maximum atomic E-state index is 3.57. The highest BCUT2D eigenvalue weighted by Gasteiger charge is 2.06. The number of hydrogen-bond donors (Lipinski definition) is 1. The van der Waals surface area contributed by atoms with Crippen LogP contribution in [0, 0.1) is 0 Å². The van der Waals surface area contributed by atoms with E-state index in [4.69, 9.17) is 0 Å². The third kappa shape index (κ3) is 0.974. The molecule has 0 amide bonds. The van der Waals surface area contributed by atoms with Crippen LogP contribution in [0.25, 0.3) is 21.1 Å². The first-order chi connectivity index (χ1) is 6.36. The van der Waals surface area contributed by atoms with E-state index in [1.165, 1.54) is 21.1 Å². The molecule has 0 atom stereocenters. The molecule has 1 aromatic carbocycles. The van der Waals surface area contributed by atoms with E-state index in [-0.39, 0.29) is 0 Å². The molecule has 0 bridgehead atoms. The van der Waals surface area contributed by atoms with Crippen molar-refractivity contribution >= 4 is 48.4 Å². The van der Waals surface area contributed by atoms with Gasteiger partial charge in [-0.05, 0) is 23.6 Å². The highest BCUT2D eigenvalue weighted by Crippen LogP contribution is 2.33. The standard InChI is InChI=1S/C10H6BrNS/c11-7-2-1-3-8-9(7)6-4-5-13-10(6)12-8/h1-5,12H. The number of fused-ring (bicyclic) bond motifs is 3. The van der Waals surface area contributed by atoms with Gasteiger partial charge in [-0.15, -0.1) is 11.3 Å². The summed E-state index contributed by atoms with van der Waals surface area (Å²) >= 11 is 5.31. The fourth-order valence-electron chi connectivity index (χ4n) is 1.63. The lowest BCUT2D eigenvalue weighted by molar-refractivity contribution is 1.58. The van der Waals surface area contributed by atoms with E-state index in [1.807, 2.05) is 6.07 Å². The fraction of sp³-hybridized carbons (Fsp3) is 0. The van der Waals surface area contributed by atoms with Gasteiger partial charge in [-0.3, -0.25) is 0 Å². The molecule has 0 fully saturated rings. The number of aromatic nitrogens is 1. The highest BCUT2D eigenvalue weighted by molar-refractivity contribution is 9.10. The zero-order chi connectivity index (χ0) is 8.84. The van der Waals surface area contributed by atoms with Gasteiger partial charge in [0.25, 0.3) is 0 Å². The normalized spacial score (nSPS) is 11.5. The number of halogens is 1. The molecule has 64 valence electrons. The van der Waals surface area contributed by atoms with Crippen LogP contribution < -0.4 is 0 Å². The van der Waals surface area contributed by atoms with Crippen LogP contribution in [0.4, 0.5) is 0 Å². The molecule has 2 aromatic heterocycles. The smallest absolute Gasteiger partial charge is 0.101 e. The summed E-state index contributed by atoms with van der Waals surface area (Å²) in [6.07, 6.45) is 0. The van der Waals surface area contributed by atoms with Crippen LogP contribution in [0.5, 0.6) is 0 Å². The summed E-state index contributed by atoms with van der Waals surface area (Å²) < 4.78 is 1.16. The Hall–Kier alpha value is -0.800. The summed E-state index contributed by atoms with van der Waals surface area (Å²) in [5.41, 5.74) is 1.20. The van der Waals surface area contributed by atoms with Gasteiger partial charge >= 0.3 is 0 Å². The van der Waals surface area contributed by atoms with Crippen LogP contribution >= 0.6 is 27.3 Å². The second kappa shape index (κ2) is 2.59. The molecule has 0 aliphatic carbocycles. The molecule has 1 N–H and O–H groups in total. The minimum atomic E-state index is 1.16. The van der Waals surface area contributed by atoms with E-state index in [9.17, 15) is 0 Å². The average molecular weight is 252 g/mol. The molecule has 13 heavy (non-hydrogen) atoms. The van der Waals surface area contributed by atoms with Crippen molar-refractivity contribution in [2.45, 2.75) is 0 Å². The zero-order valence-corrected chi connectivity index (χ0v) is 9.08. The van der Waals surface area contributed by atoms with Gasteiger partial charge in [-0.1, -0.05) is 22.0 Å². The lowest BCUT2D eigenvalue weighted by Gasteiger charge is -1.92. The Kier molecular flexibility index (Phi) is 1.51. The van der Waals surface area contributed by atoms with Crippen LogP contribution in [0.1, 0.15) is 0 Å². The monoisotopic (exact) mass is 251 g/mol. The van der Waals surface area contributed by atoms with Crippen LogP contribution in [-0.4, -0.2) is 4.98 Å². The Morgan fingerprint density at radius 1 is 1.23 bits per heavy atom. The van der Waals surface area contributed by atoms with E-state index in [2.05, 4.69) is 44.5 Å². The van der Waals surface area contributed by atoms with Crippen LogP contribution in [-0.2, 0) is 0 Å². The highest BCUT2D eigenvalue weighted by atomic mass is 79.9. The summed E-state index contributed by atoms with van der Waals surface area (Å²) in [4.78, 5) is 4.64. The Bertz CT molecular complexity index is 579. The number of benzene rings is 1. The van der Waals surface area contributed by atoms with Gasteiger partial charge in [0.05, 0.1) is 0 Å². The third-order valence-corrected chi connectivity index (χ3v) is 3.69. The molecule has 0 unspecified atom stereocenters. The number of nitrogens with one attached hydrogen (secondary N) is 1. The quantitative estimate of drug-likeness (QED) is 0.618. The van der Waals surface area contributed by atoms with E-state index in [0.29, 0.717) is 0 Å². The Morgan fingerprint density at radius 2 is 2.15 bits per heavy atom. The molecule has 2 heterocycles. The summed E-state index contributed by atoms with van der Waals surface area (Å²) in [5.74, 6) is 0. The predicted octanol–water partition coefficient (Wildman–Crippen LogP) is 4.15. The molecule has 1 nitrogen and oxygen atoms in total. The van der Waals surface area contributed by atoms with Gasteiger partial charge in [0.15, 0.2) is 0 Å². The Labute approximate surface area is 87.5 Å². The van der Waals surface area contributed by atoms with Crippen molar-refractivity contribution in [3.05, 3.63) is 34.1 Å². The lowest BCUT2D eigenvalue weighted by atomic mass is 10.2. The predicted molar refractivity (Wildman–Crippen MR) is 61.4 cm³/mol. The van der Waals surface area contributed by atoms with Gasteiger partial charge in [-0.25, -0.2) is 0 Å². The molecule has 0 spiro atoms. The number of rotatable bonds is 0. The van der Waals surface area contributed by atoms with Gasteiger partial charge in [-0.2, -0.15) is 0 Å². The molecule has 3 rings (SSSR count). The molecule has 3 heteroatoms. The third-order valence-electron chi connectivity index (χ3n) is 2.20. The van der Waals surface area contributed by atoms with E-state index >= 15 is 0 Å². The Morgan fingerprint density at radius 3 is 3.08 bits per heavy atom. The minimum absolute atomic E-state index is 1.16. The molecule has 0 saturated carbocycles. The average Bonchev–Trinajstić information content (AvgIpc) is 2.62. The molecule has 0 radical (unpaired) electrons. The van der Waals surface area contributed by atoms with Crippen molar-refractivity contribution in [2.24, 2.45) is 0 Å². The van der Waals surface area contributed by atoms with Crippen molar-refractivity contribution < 1.29 is 0 Å². The first-order valence-electron chi connectivity index (χ1n) is 3.99. The van der Waals surface area contributed by atoms with E-state index in [1.54, 1.807) is 11.3 Å². The van der Waals surface area contributed by atoms with Crippen LogP contribution in [0.3, 0.4) is 0 Å². The summed E-state index contributed by atoms with van der Waals surface area (Å²) in [6, 6.07) is 8.39. The molecule has 0 saturated heterocycles. The van der Waals surface area contributed by atoms with E-state index in [0.717, 1.165) is 4.47 Å². The van der Waals surface area contributed by atoms with Crippen LogP contribution in [0.2, 0.25) is 0 Å². The first-order valence-corrected chi connectivity index (χ1v) is 5.67. The second-order valence-electron chi connectivity index (χ2n) is 2.95. The Balaban J connectivity index is 2.68. The van der Waals surface area contributed by atoms with Crippen LogP contribution in [0.15, 0.2) is 34.1 Å². The van der Waals surface area contributed by atoms with Gasteiger partial charge in [0.1, 0.15) is 4.83 Å². The lowest BCUT2D eigenvalue weighted by Crippen LogP contribution is -1.68. The maximum Gasteiger partial charge on any atom is 0.101 e. The second-order valence-corrected chi connectivity index (χ2v) is 4.72. The summed E-state index contributed by atoms with van der Waals surface area (Å²) in [7, 11) is 0. The first kappa shape index (κ1) is 7.59. The van der Waals surface area contributed by atoms with Gasteiger partial charge in [0.2, 0.25) is 0 Å². The summed E-state index contributed by atoms with van der Waals surface area (Å²) in [6.45, 7) is 0. The zero-order valence-electron chi connectivity index (χ0n) is 6.67. The molecule has 3 aromatic rings. The SMILES string of the molecule is Brc1cccc2[nH]c3sccc3c12. The van der Waals surface area contributed by atoms with Crippen molar-refractivity contribution in [3.63, 3.8) is 0 Å². The van der Waals surface area contributed by atoms with Crippen molar-refractivity contribution in [1.29, 1.82) is 0 Å². The van der Waals surface area contributed by atoms with E-state index < -0.39 is 0 Å². The van der Waals surface area contributed by atoms with Crippen molar-refractivity contribution in [3.8, 4) is 0 Å². The molecule has 0 aliphatic heterocycles. The maximum absolute atomic E-state index is 3.57. The topological polar surface area (TPSA) is 15.8 Å². The van der Waals surface area contributed by atoms with Crippen molar-refractivity contribution in [2.75, 3.05) is 0 Å². The van der Waals surface area contributed by atoms with Gasteiger partial charge < -0.3 is 4.98 Å². The van der Waals surface area contributed by atoms with Crippen molar-refractivity contribution in [1.82, 2.24) is 4.98 Å². The number of hydrogen-bond acceptors (Lipinski definition) is 1. The molecule has 0 aliphatic rings. The number of aromatic amines is 1. The molecular formula is C10H6BrNS.